The van der Waals surface area contributed by atoms with Gasteiger partial charge in [0.05, 0.1) is 0 Å². The topological polar surface area (TPSA) is 78.5 Å². The maximum absolute atomic E-state index is 12.2. The lowest BCUT2D eigenvalue weighted by Crippen LogP contribution is -2.41. The molecule has 0 spiro atoms. The zero-order chi connectivity index (χ0) is 15.9. The lowest BCUT2D eigenvalue weighted by Gasteiger charge is -2.16. The van der Waals surface area contributed by atoms with Crippen LogP contribution < -0.4 is 10.6 Å². The van der Waals surface area contributed by atoms with Gasteiger partial charge in [0.25, 0.3) is 5.91 Å². The molecule has 116 valence electrons. The van der Waals surface area contributed by atoms with E-state index < -0.39 is 0 Å². The van der Waals surface area contributed by atoms with Gasteiger partial charge in [-0.05, 0) is 24.1 Å². The molecular formula is C16H19N3O3. The normalized spacial score (nSPS) is 16.4. The molecule has 6 nitrogen and oxygen atoms in total. The van der Waals surface area contributed by atoms with Crippen LogP contribution in [0.5, 0.6) is 0 Å². The van der Waals surface area contributed by atoms with Crippen LogP contribution in [-0.2, 0) is 14.4 Å². The molecule has 0 saturated heterocycles. The van der Waals surface area contributed by atoms with E-state index in [0.717, 1.165) is 12.0 Å². The number of carbonyl (C=O) groups is 3. The highest BCUT2D eigenvalue weighted by Gasteiger charge is 2.29. The quantitative estimate of drug-likeness (QED) is 0.538. The first-order valence-electron chi connectivity index (χ1n) is 7.13. The van der Waals surface area contributed by atoms with Crippen molar-refractivity contribution in [2.24, 2.45) is 0 Å². The number of hydrogen-bond donors (Lipinski definition) is 2. The second kappa shape index (κ2) is 7.40. The second-order valence-corrected chi connectivity index (χ2v) is 5.01. The van der Waals surface area contributed by atoms with Gasteiger partial charge in [-0.2, -0.15) is 0 Å². The molecule has 6 heteroatoms. The summed E-state index contributed by atoms with van der Waals surface area (Å²) in [7, 11) is 0. The van der Waals surface area contributed by atoms with Gasteiger partial charge in [0, 0.05) is 25.2 Å². The molecule has 0 unspecified atom stereocenters. The van der Waals surface area contributed by atoms with Crippen LogP contribution in [0.25, 0.3) is 0 Å². The fourth-order valence-electron chi connectivity index (χ4n) is 2.33. The highest BCUT2D eigenvalue weighted by Crippen LogP contribution is 2.24. The Morgan fingerprint density at radius 3 is 2.82 bits per heavy atom. The Labute approximate surface area is 129 Å². The van der Waals surface area contributed by atoms with Gasteiger partial charge in [0.15, 0.2) is 0 Å². The van der Waals surface area contributed by atoms with Crippen LogP contribution in [0, 0.1) is 0 Å². The summed E-state index contributed by atoms with van der Waals surface area (Å²) in [6, 6.07) is 0. The lowest BCUT2D eigenvalue weighted by molar-refractivity contribution is -0.131. The third-order valence-electron chi connectivity index (χ3n) is 3.42. The van der Waals surface area contributed by atoms with Crippen molar-refractivity contribution in [2.45, 2.75) is 6.42 Å². The Balaban J connectivity index is 1.76. The third kappa shape index (κ3) is 3.94. The van der Waals surface area contributed by atoms with Gasteiger partial charge in [-0.3, -0.25) is 14.4 Å². The lowest BCUT2D eigenvalue weighted by atomic mass is 10.1. The summed E-state index contributed by atoms with van der Waals surface area (Å²) < 4.78 is 0. The van der Waals surface area contributed by atoms with Crippen LogP contribution >= 0.6 is 0 Å². The maximum atomic E-state index is 12.2. The molecule has 0 aromatic carbocycles. The van der Waals surface area contributed by atoms with E-state index in [4.69, 9.17) is 0 Å². The monoisotopic (exact) mass is 301 g/mol. The van der Waals surface area contributed by atoms with E-state index in [1.165, 1.54) is 11.0 Å². The smallest absolute Gasteiger partial charge is 0.254 e. The first kappa shape index (κ1) is 15.8. The van der Waals surface area contributed by atoms with Gasteiger partial charge < -0.3 is 15.5 Å². The third-order valence-corrected chi connectivity index (χ3v) is 3.42. The molecule has 0 atom stereocenters. The summed E-state index contributed by atoms with van der Waals surface area (Å²) in [4.78, 5) is 36.5. The summed E-state index contributed by atoms with van der Waals surface area (Å²) >= 11 is 0. The molecule has 3 amide bonds. The molecule has 0 aromatic heterocycles. The first-order chi connectivity index (χ1) is 10.6. The molecule has 2 N–H and O–H groups in total. The van der Waals surface area contributed by atoms with Gasteiger partial charge in [0.2, 0.25) is 11.8 Å². The number of rotatable bonds is 6. The van der Waals surface area contributed by atoms with E-state index in [1.54, 1.807) is 6.08 Å². The molecule has 2 aliphatic rings. The average molecular weight is 301 g/mol. The fourth-order valence-corrected chi connectivity index (χ4v) is 2.33. The number of hydrogen-bond acceptors (Lipinski definition) is 3. The Kier molecular flexibility index (Phi) is 5.30. The number of nitrogens with one attached hydrogen (secondary N) is 2. The largest absolute Gasteiger partial charge is 0.353 e. The zero-order valence-corrected chi connectivity index (χ0v) is 12.3. The molecule has 0 saturated carbocycles. The Hall–Kier alpha value is -2.63. The van der Waals surface area contributed by atoms with Crippen LogP contribution in [0.2, 0.25) is 0 Å². The van der Waals surface area contributed by atoms with Crippen LogP contribution in [0.4, 0.5) is 0 Å². The summed E-state index contributed by atoms with van der Waals surface area (Å²) in [5.41, 5.74) is 1.73. The average Bonchev–Trinajstić information content (AvgIpc) is 2.69. The molecule has 0 radical (unpaired) electrons. The van der Waals surface area contributed by atoms with Crippen molar-refractivity contribution in [1.82, 2.24) is 15.5 Å². The molecule has 1 aliphatic carbocycles. The maximum Gasteiger partial charge on any atom is 0.254 e. The van der Waals surface area contributed by atoms with Gasteiger partial charge in [-0.15, -0.1) is 0 Å². The minimum atomic E-state index is -0.281. The van der Waals surface area contributed by atoms with Gasteiger partial charge in [-0.1, -0.05) is 24.8 Å². The van der Waals surface area contributed by atoms with E-state index in [0.29, 0.717) is 25.2 Å². The fraction of sp³-hybridized carbons (Fsp3) is 0.312. The predicted octanol–water partition coefficient (Wildman–Crippen LogP) is 0.0597. The molecule has 2 rings (SSSR count). The summed E-state index contributed by atoms with van der Waals surface area (Å²) in [5.74, 6) is -0.625. The number of nitrogens with zero attached hydrogens (tertiary/aromatic N) is 1. The van der Waals surface area contributed by atoms with E-state index >= 15 is 0 Å². The zero-order valence-electron chi connectivity index (χ0n) is 12.3. The minimum absolute atomic E-state index is 0.0266. The Morgan fingerprint density at radius 1 is 1.27 bits per heavy atom. The van der Waals surface area contributed by atoms with E-state index in [1.807, 2.05) is 18.2 Å². The molecule has 22 heavy (non-hydrogen) atoms. The Bertz CT molecular complexity index is 587. The summed E-state index contributed by atoms with van der Waals surface area (Å²) in [5, 5.41) is 5.23. The van der Waals surface area contributed by atoms with Crippen molar-refractivity contribution in [2.75, 3.05) is 26.2 Å². The van der Waals surface area contributed by atoms with Gasteiger partial charge in [0.1, 0.15) is 6.54 Å². The molecule has 1 heterocycles. The van der Waals surface area contributed by atoms with E-state index in [9.17, 15) is 14.4 Å². The SMILES string of the molecule is C=CC(=O)NCCNC(=O)CN1CC2=C(C=CC=CC2)C1=O. The highest BCUT2D eigenvalue weighted by atomic mass is 16.2. The second-order valence-electron chi connectivity index (χ2n) is 5.01. The standard InChI is InChI=1S/C16H19N3O3/c1-2-14(20)17-8-9-18-15(21)11-19-10-12-6-4-3-5-7-13(12)16(19)22/h2-5,7H,1,6,8-11H2,(H,17,20)(H,18,21). The summed E-state index contributed by atoms with van der Waals surface area (Å²) in [6.07, 6.45) is 9.46. The van der Waals surface area contributed by atoms with Gasteiger partial charge >= 0.3 is 0 Å². The number of amides is 3. The summed E-state index contributed by atoms with van der Waals surface area (Å²) in [6.45, 7) is 4.49. The van der Waals surface area contributed by atoms with Gasteiger partial charge in [-0.25, -0.2) is 0 Å². The van der Waals surface area contributed by atoms with Crippen molar-refractivity contribution in [3.05, 3.63) is 48.1 Å². The number of allylic oxidation sites excluding steroid dienone is 3. The van der Waals surface area contributed by atoms with Crippen LogP contribution in [0.15, 0.2) is 48.1 Å². The van der Waals surface area contributed by atoms with Crippen molar-refractivity contribution in [3.63, 3.8) is 0 Å². The minimum Gasteiger partial charge on any atom is -0.353 e. The number of carbonyl (C=O) groups excluding carboxylic acids is 3. The predicted molar refractivity (Wildman–Crippen MR) is 82.7 cm³/mol. The molecule has 0 fully saturated rings. The molecular weight excluding hydrogens is 282 g/mol. The van der Waals surface area contributed by atoms with Crippen molar-refractivity contribution >= 4 is 17.7 Å². The Morgan fingerprint density at radius 2 is 2.05 bits per heavy atom. The van der Waals surface area contributed by atoms with Crippen LogP contribution in [0.3, 0.4) is 0 Å². The van der Waals surface area contributed by atoms with Crippen molar-refractivity contribution in [3.8, 4) is 0 Å². The van der Waals surface area contributed by atoms with Crippen molar-refractivity contribution in [1.29, 1.82) is 0 Å². The van der Waals surface area contributed by atoms with Crippen LogP contribution in [-0.4, -0.2) is 48.8 Å². The van der Waals surface area contributed by atoms with E-state index in [2.05, 4.69) is 17.2 Å². The molecule has 1 aliphatic heterocycles. The highest BCUT2D eigenvalue weighted by molar-refractivity contribution is 6.01. The molecule has 0 bridgehead atoms. The van der Waals surface area contributed by atoms with Crippen molar-refractivity contribution < 1.29 is 14.4 Å². The molecule has 0 aromatic rings. The van der Waals surface area contributed by atoms with E-state index in [-0.39, 0.29) is 24.3 Å². The van der Waals surface area contributed by atoms with Crippen LogP contribution in [0.1, 0.15) is 6.42 Å². The first-order valence-corrected chi connectivity index (χ1v) is 7.13.